The predicted molar refractivity (Wildman–Crippen MR) is 41.3 cm³/mol. The van der Waals surface area contributed by atoms with Crippen LogP contribution in [0.5, 0.6) is 0 Å². The van der Waals surface area contributed by atoms with Crippen LogP contribution in [-0.4, -0.2) is 18.7 Å². The molecule has 12 heavy (non-hydrogen) atoms. The van der Waals surface area contributed by atoms with Crippen molar-refractivity contribution in [3.05, 3.63) is 0 Å². The molecule has 3 atom stereocenters. The second kappa shape index (κ2) is 2.01. The lowest BCUT2D eigenvalue weighted by Crippen LogP contribution is -2.13. The molecule has 0 aromatic carbocycles. The maximum atomic E-state index is 13.9. The highest BCUT2D eigenvalue weighted by molar-refractivity contribution is 5.80. The molecule has 0 radical (unpaired) electrons. The average Bonchev–Trinajstić information content (AvgIpc) is 2.30. The van der Waals surface area contributed by atoms with E-state index in [0.29, 0.717) is 6.42 Å². The molecule has 0 aromatic rings. The van der Waals surface area contributed by atoms with E-state index in [9.17, 15) is 9.18 Å². The molecule has 0 spiro atoms. The molecule has 2 nitrogen and oxygen atoms in total. The van der Waals surface area contributed by atoms with Gasteiger partial charge in [-0.3, -0.25) is 4.79 Å². The number of hydrogen-bond acceptors (Lipinski definition) is 2. The first-order chi connectivity index (χ1) is 5.56. The first-order valence-electron chi connectivity index (χ1n) is 4.33. The van der Waals surface area contributed by atoms with Crippen LogP contribution in [0.3, 0.4) is 0 Å². The summed E-state index contributed by atoms with van der Waals surface area (Å²) in [6.07, 6.45) is 2.26. The van der Waals surface area contributed by atoms with Crippen molar-refractivity contribution in [3.63, 3.8) is 0 Å². The molecule has 0 unspecified atom stereocenters. The van der Waals surface area contributed by atoms with Gasteiger partial charge in [-0.15, -0.1) is 0 Å². The number of esters is 1. The predicted octanol–water partition coefficient (Wildman–Crippen LogP) is 1.69. The first-order valence-corrected chi connectivity index (χ1v) is 4.33. The second-order valence-electron chi connectivity index (χ2n) is 4.09. The van der Waals surface area contributed by atoms with Gasteiger partial charge in [-0.25, -0.2) is 4.39 Å². The van der Waals surface area contributed by atoms with Gasteiger partial charge in [0.05, 0.1) is 13.0 Å². The molecule has 0 amide bonds. The maximum absolute atomic E-state index is 13.9. The Bertz CT molecular complexity index is 225. The van der Waals surface area contributed by atoms with Crippen LogP contribution in [0.4, 0.5) is 4.39 Å². The van der Waals surface area contributed by atoms with Crippen molar-refractivity contribution in [2.24, 2.45) is 11.3 Å². The van der Waals surface area contributed by atoms with Crippen molar-refractivity contribution >= 4 is 5.97 Å². The van der Waals surface area contributed by atoms with Gasteiger partial charge in [0.2, 0.25) is 0 Å². The third-order valence-electron chi connectivity index (χ3n) is 3.63. The summed E-state index contributed by atoms with van der Waals surface area (Å²) in [7, 11) is 1.32. The smallest absolute Gasteiger partial charge is 0.312 e. The van der Waals surface area contributed by atoms with Gasteiger partial charge in [0.25, 0.3) is 0 Å². The topological polar surface area (TPSA) is 26.3 Å². The fourth-order valence-electron chi connectivity index (χ4n) is 2.77. The molecule has 2 aliphatic carbocycles. The van der Waals surface area contributed by atoms with Crippen LogP contribution in [0, 0.1) is 11.3 Å². The Labute approximate surface area is 71.1 Å². The van der Waals surface area contributed by atoms with E-state index in [4.69, 9.17) is 0 Å². The summed E-state index contributed by atoms with van der Waals surface area (Å²) in [6, 6.07) is 0. The lowest BCUT2D eigenvalue weighted by Gasteiger charge is -2.04. The second-order valence-corrected chi connectivity index (χ2v) is 4.09. The molecular weight excluding hydrogens is 159 g/mol. The summed E-state index contributed by atoms with van der Waals surface area (Å²) in [5, 5.41) is 0. The number of halogens is 1. The highest BCUT2D eigenvalue weighted by atomic mass is 19.1. The summed E-state index contributed by atoms with van der Waals surface area (Å²) in [5.41, 5.74) is -1.64. The molecule has 0 bridgehead atoms. The molecule has 0 N–H and O–H groups in total. The van der Waals surface area contributed by atoms with Crippen LogP contribution in [0.1, 0.15) is 26.2 Å². The number of rotatable bonds is 1. The Kier molecular flexibility index (Phi) is 1.34. The monoisotopic (exact) mass is 172 g/mol. The zero-order valence-corrected chi connectivity index (χ0v) is 7.39. The van der Waals surface area contributed by atoms with Gasteiger partial charge in [-0.05, 0) is 19.3 Å². The summed E-state index contributed by atoms with van der Waals surface area (Å²) < 4.78 is 18.4. The van der Waals surface area contributed by atoms with Gasteiger partial charge in [0.15, 0.2) is 0 Å². The summed E-state index contributed by atoms with van der Waals surface area (Å²) in [5.74, 6) is -0.858. The normalized spacial score (nSPS) is 50.1. The van der Waals surface area contributed by atoms with Crippen molar-refractivity contribution in [1.82, 2.24) is 0 Å². The van der Waals surface area contributed by atoms with Crippen molar-refractivity contribution in [2.45, 2.75) is 31.9 Å². The maximum Gasteiger partial charge on any atom is 0.312 e. The minimum Gasteiger partial charge on any atom is -0.469 e. The minimum atomic E-state index is -1.24. The van der Waals surface area contributed by atoms with Gasteiger partial charge in [0.1, 0.15) is 5.67 Å². The van der Waals surface area contributed by atoms with Gasteiger partial charge in [-0.2, -0.15) is 0 Å². The van der Waals surface area contributed by atoms with Gasteiger partial charge in [0, 0.05) is 5.41 Å². The van der Waals surface area contributed by atoms with Crippen molar-refractivity contribution in [3.8, 4) is 0 Å². The van der Waals surface area contributed by atoms with Crippen LogP contribution in [0.2, 0.25) is 0 Å². The zero-order chi connectivity index (χ0) is 8.98. The molecule has 0 saturated heterocycles. The van der Waals surface area contributed by atoms with Gasteiger partial charge < -0.3 is 4.74 Å². The Morgan fingerprint density at radius 3 is 2.67 bits per heavy atom. The van der Waals surface area contributed by atoms with Crippen LogP contribution in [-0.2, 0) is 9.53 Å². The van der Waals surface area contributed by atoms with Crippen LogP contribution in [0.15, 0.2) is 0 Å². The van der Waals surface area contributed by atoms with Crippen LogP contribution < -0.4 is 0 Å². The standard InChI is InChI=1S/C9H13FO2/c1-8-4-3-5-9(8,10)6(8)7(11)12-2/h6H,3-5H2,1-2H3/t6-,8+,9+/m0/s1. The van der Waals surface area contributed by atoms with E-state index in [0.717, 1.165) is 12.8 Å². The molecule has 0 heterocycles. The summed E-state index contributed by atoms with van der Waals surface area (Å²) >= 11 is 0. The van der Waals surface area contributed by atoms with E-state index < -0.39 is 17.0 Å². The number of hydrogen-bond donors (Lipinski definition) is 0. The highest BCUT2D eigenvalue weighted by Gasteiger charge is 2.80. The SMILES string of the molecule is COC(=O)[C@@H]1[C@]2(F)CCC[C@]12C. The fraction of sp³-hybridized carbons (Fsp3) is 0.889. The fourth-order valence-corrected chi connectivity index (χ4v) is 2.77. The van der Waals surface area contributed by atoms with E-state index in [-0.39, 0.29) is 5.97 Å². The Morgan fingerprint density at radius 2 is 2.25 bits per heavy atom. The number of methoxy groups -OCH3 is 1. The largest absolute Gasteiger partial charge is 0.469 e. The lowest BCUT2D eigenvalue weighted by atomic mass is 10.0. The minimum absolute atomic E-state index is 0.375. The Morgan fingerprint density at radius 1 is 1.58 bits per heavy atom. The van der Waals surface area contributed by atoms with Crippen LogP contribution >= 0.6 is 0 Å². The van der Waals surface area contributed by atoms with E-state index in [1.807, 2.05) is 6.92 Å². The van der Waals surface area contributed by atoms with Crippen molar-refractivity contribution in [1.29, 1.82) is 0 Å². The molecule has 2 saturated carbocycles. The quantitative estimate of drug-likeness (QED) is 0.562. The van der Waals surface area contributed by atoms with Gasteiger partial charge >= 0.3 is 5.97 Å². The molecule has 3 heteroatoms. The summed E-state index contributed by atoms with van der Waals surface area (Å²) in [4.78, 5) is 11.1. The molecule has 2 rings (SSSR count). The van der Waals surface area contributed by atoms with Gasteiger partial charge in [-0.1, -0.05) is 6.92 Å². The molecule has 0 aromatic heterocycles. The molecule has 2 aliphatic rings. The molecular formula is C9H13FO2. The lowest BCUT2D eigenvalue weighted by molar-refractivity contribution is -0.144. The Hall–Kier alpha value is -0.600. The third kappa shape index (κ3) is 0.632. The Balaban J connectivity index is 2.20. The highest BCUT2D eigenvalue weighted by Crippen LogP contribution is 2.73. The number of carbonyl (C=O) groups is 1. The number of carbonyl (C=O) groups excluding carboxylic acids is 1. The average molecular weight is 172 g/mol. The third-order valence-corrected chi connectivity index (χ3v) is 3.63. The number of alkyl halides is 1. The van der Waals surface area contributed by atoms with Crippen LogP contribution in [0.25, 0.3) is 0 Å². The zero-order valence-electron chi connectivity index (χ0n) is 7.39. The number of ether oxygens (including phenoxy) is 1. The van der Waals surface area contributed by atoms with Crippen molar-refractivity contribution in [2.75, 3.05) is 7.11 Å². The van der Waals surface area contributed by atoms with Crippen molar-refractivity contribution < 1.29 is 13.9 Å². The van der Waals surface area contributed by atoms with E-state index in [1.54, 1.807) is 0 Å². The molecule has 2 fully saturated rings. The number of fused-ring (bicyclic) bond motifs is 1. The van der Waals surface area contributed by atoms with E-state index in [1.165, 1.54) is 7.11 Å². The summed E-state index contributed by atoms with van der Waals surface area (Å²) in [6.45, 7) is 1.85. The molecule has 68 valence electrons. The molecule has 0 aliphatic heterocycles. The van der Waals surface area contributed by atoms with E-state index in [2.05, 4.69) is 4.74 Å². The first kappa shape index (κ1) is 8.02. The van der Waals surface area contributed by atoms with E-state index >= 15 is 0 Å².